The molecule has 1 unspecified atom stereocenters. The fourth-order valence-electron chi connectivity index (χ4n) is 0.809. The van der Waals surface area contributed by atoms with Crippen molar-refractivity contribution in [1.82, 2.24) is 0 Å². The summed E-state index contributed by atoms with van der Waals surface area (Å²) in [6.45, 7) is 4.08. The summed E-state index contributed by atoms with van der Waals surface area (Å²) in [5.74, 6) is -2.79. The molecule has 0 amide bonds. The zero-order valence-corrected chi connectivity index (χ0v) is 10.0. The van der Waals surface area contributed by atoms with Crippen LogP contribution in [0.3, 0.4) is 0 Å². The average Bonchev–Trinajstić information content (AvgIpc) is 2.30. The molecule has 7 heteroatoms. The number of hydrogen-bond acceptors (Lipinski definition) is 7. The van der Waals surface area contributed by atoms with E-state index in [9.17, 15) is 24.6 Å². The maximum atomic E-state index is 11.0. The fraction of sp³-hybridized carbons (Fsp3) is 0.545. The Morgan fingerprint density at radius 2 is 1.78 bits per heavy atom. The van der Waals surface area contributed by atoms with Crippen molar-refractivity contribution in [3.8, 4) is 0 Å². The van der Waals surface area contributed by atoms with E-state index < -0.39 is 30.4 Å². The molecule has 0 saturated carbocycles. The van der Waals surface area contributed by atoms with Crippen molar-refractivity contribution >= 4 is 17.9 Å². The summed E-state index contributed by atoms with van der Waals surface area (Å²) in [5, 5.41) is 19.3. The van der Waals surface area contributed by atoms with Crippen LogP contribution in [0.5, 0.6) is 0 Å². The van der Waals surface area contributed by atoms with Gasteiger partial charge in [-0.15, -0.1) is 0 Å². The third kappa shape index (κ3) is 8.28. The van der Waals surface area contributed by atoms with Gasteiger partial charge in [-0.3, -0.25) is 4.79 Å². The van der Waals surface area contributed by atoms with Gasteiger partial charge >= 0.3 is 11.9 Å². The highest BCUT2D eigenvalue weighted by Gasteiger charge is 2.12. The molecule has 1 N–H and O–H groups in total. The van der Waals surface area contributed by atoms with Crippen LogP contribution in [-0.2, 0) is 23.9 Å². The minimum atomic E-state index is -1.36. The third-order valence-electron chi connectivity index (χ3n) is 1.73. The van der Waals surface area contributed by atoms with E-state index in [1.807, 2.05) is 0 Å². The Morgan fingerprint density at radius 1 is 1.22 bits per heavy atom. The van der Waals surface area contributed by atoms with Crippen molar-refractivity contribution in [3.05, 3.63) is 12.2 Å². The number of hydrogen-bond donors (Lipinski definition) is 1. The Hall–Kier alpha value is -1.89. The molecule has 0 aromatic carbocycles. The van der Waals surface area contributed by atoms with E-state index in [2.05, 4.69) is 16.1 Å². The molecule has 0 aliphatic rings. The Labute approximate surface area is 104 Å². The second-order valence-electron chi connectivity index (χ2n) is 3.59. The smallest absolute Gasteiger partial charge is 0.333 e. The Bertz CT molecular complexity index is 334. The monoisotopic (exact) mass is 259 g/mol. The van der Waals surface area contributed by atoms with E-state index in [-0.39, 0.29) is 25.2 Å². The quantitative estimate of drug-likeness (QED) is 0.418. The minimum Gasteiger partial charge on any atom is -0.550 e. The van der Waals surface area contributed by atoms with Gasteiger partial charge in [0.15, 0.2) is 0 Å². The molecule has 0 heterocycles. The molecular formula is C11H15O7-. The maximum absolute atomic E-state index is 11.0. The van der Waals surface area contributed by atoms with Crippen LogP contribution in [-0.4, -0.2) is 42.3 Å². The van der Waals surface area contributed by atoms with Gasteiger partial charge in [0, 0.05) is 11.5 Å². The molecular weight excluding hydrogens is 244 g/mol. The van der Waals surface area contributed by atoms with Crippen molar-refractivity contribution in [1.29, 1.82) is 0 Å². The van der Waals surface area contributed by atoms with Crippen LogP contribution in [0.2, 0.25) is 0 Å². The van der Waals surface area contributed by atoms with Gasteiger partial charge < -0.3 is 24.5 Å². The molecule has 0 radical (unpaired) electrons. The highest BCUT2D eigenvalue weighted by Crippen LogP contribution is 1.97. The standard InChI is InChI=1S/C11H16O7/c1-7(2)11(16)18-6-8(12)5-17-10(15)4-3-9(13)14/h8,12H,1,3-6H2,2H3,(H,13,14)/p-1. The molecule has 0 fully saturated rings. The van der Waals surface area contributed by atoms with Gasteiger partial charge in [-0.2, -0.15) is 0 Å². The number of carbonyl (C=O) groups is 3. The molecule has 0 aromatic rings. The zero-order chi connectivity index (χ0) is 14.1. The predicted molar refractivity (Wildman–Crippen MR) is 57.0 cm³/mol. The van der Waals surface area contributed by atoms with Crippen LogP contribution < -0.4 is 5.11 Å². The maximum Gasteiger partial charge on any atom is 0.333 e. The highest BCUT2D eigenvalue weighted by molar-refractivity contribution is 5.86. The predicted octanol–water partition coefficient (Wildman–Crippen LogP) is -1.46. The number of aliphatic hydroxyl groups excluding tert-OH is 1. The summed E-state index contributed by atoms with van der Waals surface area (Å²) in [7, 11) is 0. The molecule has 0 aromatic heterocycles. The summed E-state index contributed by atoms with van der Waals surface area (Å²) >= 11 is 0. The number of carboxylic acids is 1. The molecule has 1 atom stereocenters. The molecule has 0 aliphatic carbocycles. The lowest BCUT2D eigenvalue weighted by atomic mass is 10.3. The van der Waals surface area contributed by atoms with Gasteiger partial charge in [-0.1, -0.05) is 6.58 Å². The molecule has 7 nitrogen and oxygen atoms in total. The number of carbonyl (C=O) groups excluding carboxylic acids is 3. The van der Waals surface area contributed by atoms with Crippen molar-refractivity contribution in [2.45, 2.75) is 25.9 Å². The van der Waals surface area contributed by atoms with E-state index in [0.29, 0.717) is 0 Å². The number of carboxylic acid groups (broad SMARTS) is 1. The summed E-state index contributed by atoms with van der Waals surface area (Å²) in [5.41, 5.74) is 0.188. The molecule has 18 heavy (non-hydrogen) atoms. The topological polar surface area (TPSA) is 113 Å². The van der Waals surface area contributed by atoms with E-state index >= 15 is 0 Å². The van der Waals surface area contributed by atoms with Gasteiger partial charge in [0.2, 0.25) is 0 Å². The summed E-state index contributed by atoms with van der Waals surface area (Å²) in [6.07, 6.45) is -1.94. The first-order chi connectivity index (χ1) is 8.32. The number of aliphatic carboxylic acids is 1. The van der Waals surface area contributed by atoms with Crippen molar-refractivity contribution in [2.24, 2.45) is 0 Å². The normalized spacial score (nSPS) is 11.4. The lowest BCUT2D eigenvalue weighted by Crippen LogP contribution is -2.27. The Morgan fingerprint density at radius 3 is 2.28 bits per heavy atom. The fourth-order valence-corrected chi connectivity index (χ4v) is 0.809. The van der Waals surface area contributed by atoms with Gasteiger partial charge in [0.1, 0.15) is 19.3 Å². The van der Waals surface area contributed by atoms with Gasteiger partial charge in [0.25, 0.3) is 0 Å². The van der Waals surface area contributed by atoms with Gasteiger partial charge in [-0.25, -0.2) is 4.79 Å². The van der Waals surface area contributed by atoms with Crippen LogP contribution in [0.4, 0.5) is 0 Å². The van der Waals surface area contributed by atoms with Crippen LogP contribution in [0, 0.1) is 0 Å². The first kappa shape index (κ1) is 16.1. The first-order valence-electron chi connectivity index (χ1n) is 5.19. The average molecular weight is 259 g/mol. The van der Waals surface area contributed by atoms with Crippen molar-refractivity contribution in [2.75, 3.05) is 13.2 Å². The van der Waals surface area contributed by atoms with E-state index in [1.54, 1.807) is 0 Å². The molecule has 0 saturated heterocycles. The number of aliphatic hydroxyl groups is 1. The van der Waals surface area contributed by atoms with E-state index in [1.165, 1.54) is 6.92 Å². The largest absolute Gasteiger partial charge is 0.550 e. The van der Waals surface area contributed by atoms with E-state index in [0.717, 1.165) is 0 Å². The van der Waals surface area contributed by atoms with Crippen LogP contribution in [0.25, 0.3) is 0 Å². The van der Waals surface area contributed by atoms with Crippen molar-refractivity contribution < 1.29 is 34.1 Å². The van der Waals surface area contributed by atoms with Gasteiger partial charge in [0.05, 0.1) is 6.42 Å². The molecule has 0 spiro atoms. The lowest BCUT2D eigenvalue weighted by molar-refractivity contribution is -0.305. The summed E-state index contributed by atoms with van der Waals surface area (Å²) in [4.78, 5) is 32.0. The first-order valence-corrected chi connectivity index (χ1v) is 5.19. The van der Waals surface area contributed by atoms with Crippen molar-refractivity contribution in [3.63, 3.8) is 0 Å². The van der Waals surface area contributed by atoms with Crippen LogP contribution in [0.15, 0.2) is 12.2 Å². The third-order valence-corrected chi connectivity index (χ3v) is 1.73. The van der Waals surface area contributed by atoms with Gasteiger partial charge in [-0.05, 0) is 13.3 Å². The summed E-state index contributed by atoms with van der Waals surface area (Å²) < 4.78 is 9.17. The van der Waals surface area contributed by atoms with E-state index in [4.69, 9.17) is 0 Å². The number of esters is 2. The molecule has 102 valence electrons. The lowest BCUT2D eigenvalue weighted by Gasteiger charge is -2.12. The zero-order valence-electron chi connectivity index (χ0n) is 10.0. The van der Waals surface area contributed by atoms with Crippen LogP contribution >= 0.6 is 0 Å². The molecule has 0 rings (SSSR count). The highest BCUT2D eigenvalue weighted by atomic mass is 16.6. The molecule has 0 bridgehead atoms. The SMILES string of the molecule is C=C(C)C(=O)OCC(O)COC(=O)CCC(=O)[O-]. The number of rotatable bonds is 8. The second kappa shape index (κ2) is 8.24. The summed E-state index contributed by atoms with van der Waals surface area (Å²) in [6, 6.07) is 0. The Kier molecular flexibility index (Phi) is 7.37. The Balaban J connectivity index is 3.73. The second-order valence-corrected chi connectivity index (χ2v) is 3.59. The van der Waals surface area contributed by atoms with Crippen LogP contribution in [0.1, 0.15) is 19.8 Å². The number of ether oxygens (including phenoxy) is 2. The molecule has 0 aliphatic heterocycles. The minimum absolute atomic E-state index is 0.188.